The van der Waals surface area contributed by atoms with E-state index in [9.17, 15) is 22.8 Å². The third-order valence-electron chi connectivity index (χ3n) is 3.35. The summed E-state index contributed by atoms with van der Waals surface area (Å²) in [5.74, 6) is -1.39. The van der Waals surface area contributed by atoms with E-state index in [2.05, 4.69) is 10.1 Å². The summed E-state index contributed by atoms with van der Waals surface area (Å²) in [6.07, 6.45) is -4.61. The zero-order valence-corrected chi connectivity index (χ0v) is 11.0. The normalized spacial score (nSPS) is 16.6. The molecule has 0 spiro atoms. The molecule has 0 saturated heterocycles. The molecule has 0 aromatic heterocycles. The molecule has 0 aliphatic carbocycles. The number of methoxy groups -OCH3 is 1. The van der Waals surface area contributed by atoms with E-state index < -0.39 is 29.0 Å². The minimum Gasteiger partial charge on any atom is -0.465 e. The van der Waals surface area contributed by atoms with E-state index >= 15 is 0 Å². The zero-order valence-electron chi connectivity index (χ0n) is 11.0. The maximum absolute atomic E-state index is 12.9. The van der Waals surface area contributed by atoms with Gasteiger partial charge in [-0.3, -0.25) is 4.79 Å². The first-order chi connectivity index (χ1) is 9.09. The van der Waals surface area contributed by atoms with Crippen molar-refractivity contribution in [1.29, 1.82) is 0 Å². The number of fused-ring (bicyclic) bond motifs is 1. The van der Waals surface area contributed by atoms with E-state index in [1.54, 1.807) is 0 Å². The largest absolute Gasteiger partial charge is 0.465 e. The molecule has 0 radical (unpaired) electrons. The fraction of sp³-hybridized carbons (Fsp3) is 0.385. The fourth-order valence-electron chi connectivity index (χ4n) is 2.10. The van der Waals surface area contributed by atoms with Crippen LogP contribution in [0.25, 0.3) is 0 Å². The quantitative estimate of drug-likeness (QED) is 0.808. The van der Waals surface area contributed by atoms with Crippen LogP contribution in [0.1, 0.15) is 35.3 Å². The van der Waals surface area contributed by atoms with Crippen LogP contribution in [0.15, 0.2) is 12.1 Å². The summed E-state index contributed by atoms with van der Waals surface area (Å²) in [6, 6.07) is 1.58. The number of carbonyl (C=O) groups is 2. The number of anilines is 1. The first-order valence-corrected chi connectivity index (χ1v) is 5.74. The topological polar surface area (TPSA) is 55.4 Å². The predicted molar refractivity (Wildman–Crippen MR) is 64.4 cm³/mol. The maximum atomic E-state index is 12.9. The van der Waals surface area contributed by atoms with Crippen LogP contribution in [0.4, 0.5) is 18.9 Å². The number of benzene rings is 1. The van der Waals surface area contributed by atoms with E-state index in [0.29, 0.717) is 6.07 Å². The molecular weight excluding hydrogens is 275 g/mol. The van der Waals surface area contributed by atoms with E-state index in [-0.39, 0.29) is 16.8 Å². The van der Waals surface area contributed by atoms with Crippen molar-refractivity contribution in [3.8, 4) is 0 Å². The third-order valence-corrected chi connectivity index (χ3v) is 3.35. The summed E-state index contributed by atoms with van der Waals surface area (Å²) < 4.78 is 43.2. The third kappa shape index (κ3) is 2.03. The van der Waals surface area contributed by atoms with Crippen LogP contribution in [0, 0.1) is 0 Å². The summed E-state index contributed by atoms with van der Waals surface area (Å²) >= 11 is 0. The Morgan fingerprint density at radius 1 is 1.30 bits per heavy atom. The highest BCUT2D eigenvalue weighted by molar-refractivity contribution is 6.11. The molecule has 1 aromatic carbocycles. The zero-order chi connectivity index (χ0) is 15.3. The van der Waals surface area contributed by atoms with Gasteiger partial charge in [0.2, 0.25) is 5.91 Å². The molecule has 0 saturated carbocycles. The van der Waals surface area contributed by atoms with Crippen LogP contribution in [0.2, 0.25) is 0 Å². The molecule has 4 nitrogen and oxygen atoms in total. The number of amides is 1. The Kier molecular flexibility index (Phi) is 3.03. The molecule has 2 rings (SSSR count). The lowest BCUT2D eigenvalue weighted by Gasteiger charge is -2.17. The maximum Gasteiger partial charge on any atom is 0.416 e. The van der Waals surface area contributed by atoms with Crippen molar-refractivity contribution in [3.63, 3.8) is 0 Å². The van der Waals surface area contributed by atoms with E-state index in [1.165, 1.54) is 13.8 Å². The monoisotopic (exact) mass is 287 g/mol. The molecule has 0 atom stereocenters. The molecular formula is C13H12F3NO3. The van der Waals surface area contributed by atoms with Crippen LogP contribution in [-0.4, -0.2) is 19.0 Å². The molecule has 7 heteroatoms. The van der Waals surface area contributed by atoms with E-state index in [4.69, 9.17) is 0 Å². The molecule has 108 valence electrons. The summed E-state index contributed by atoms with van der Waals surface area (Å²) in [6.45, 7) is 2.99. The van der Waals surface area contributed by atoms with Gasteiger partial charge in [-0.15, -0.1) is 0 Å². The number of hydrogen-bond donors (Lipinski definition) is 1. The Bertz CT molecular complexity index is 606. The number of nitrogens with one attached hydrogen (secondary N) is 1. The Morgan fingerprint density at radius 3 is 2.40 bits per heavy atom. The lowest BCUT2D eigenvalue weighted by atomic mass is 9.84. The van der Waals surface area contributed by atoms with Gasteiger partial charge in [-0.2, -0.15) is 13.2 Å². The summed E-state index contributed by atoms with van der Waals surface area (Å²) in [7, 11) is 1.07. The Labute approximate surface area is 112 Å². The second-order valence-electron chi connectivity index (χ2n) is 5.01. The van der Waals surface area contributed by atoms with Crippen LogP contribution >= 0.6 is 0 Å². The summed E-state index contributed by atoms with van der Waals surface area (Å²) in [5.41, 5.74) is -2.20. The van der Waals surface area contributed by atoms with Gasteiger partial charge >= 0.3 is 12.1 Å². The number of esters is 1. The van der Waals surface area contributed by atoms with Crippen LogP contribution < -0.4 is 5.32 Å². The molecule has 1 amide bonds. The molecule has 1 N–H and O–H groups in total. The van der Waals surface area contributed by atoms with Crippen LogP contribution in [0.3, 0.4) is 0 Å². The number of hydrogen-bond acceptors (Lipinski definition) is 3. The smallest absolute Gasteiger partial charge is 0.416 e. The first-order valence-electron chi connectivity index (χ1n) is 5.74. The average Bonchev–Trinajstić information content (AvgIpc) is 2.58. The lowest BCUT2D eigenvalue weighted by molar-refractivity contribution is -0.137. The number of rotatable bonds is 1. The number of carbonyl (C=O) groups excluding carboxylic acids is 2. The lowest BCUT2D eigenvalue weighted by Crippen LogP contribution is -2.27. The number of ether oxygens (including phenoxy) is 1. The van der Waals surface area contributed by atoms with Crippen molar-refractivity contribution >= 4 is 17.6 Å². The Hall–Kier alpha value is -2.05. The highest BCUT2D eigenvalue weighted by Gasteiger charge is 2.43. The van der Waals surface area contributed by atoms with Gasteiger partial charge in [0.25, 0.3) is 0 Å². The van der Waals surface area contributed by atoms with Gasteiger partial charge in [-0.05, 0) is 31.5 Å². The minimum atomic E-state index is -4.61. The highest BCUT2D eigenvalue weighted by atomic mass is 19.4. The number of halogens is 3. The molecule has 0 fully saturated rings. The molecule has 1 aliphatic heterocycles. The SMILES string of the molecule is COC(=O)c1cc(C(F)(F)F)cc2c1NC(=O)C2(C)C. The highest BCUT2D eigenvalue weighted by Crippen LogP contribution is 2.43. The van der Waals surface area contributed by atoms with Gasteiger partial charge in [0.05, 0.1) is 29.3 Å². The van der Waals surface area contributed by atoms with Crippen molar-refractivity contribution in [2.45, 2.75) is 25.4 Å². The fourth-order valence-corrected chi connectivity index (χ4v) is 2.10. The van der Waals surface area contributed by atoms with Gasteiger partial charge in [-0.1, -0.05) is 0 Å². The van der Waals surface area contributed by atoms with Gasteiger partial charge in [-0.25, -0.2) is 4.79 Å². The second kappa shape index (κ2) is 4.22. The Morgan fingerprint density at radius 2 is 1.90 bits per heavy atom. The molecule has 0 bridgehead atoms. The Balaban J connectivity index is 2.75. The van der Waals surface area contributed by atoms with E-state index in [0.717, 1.165) is 13.2 Å². The molecule has 1 aliphatic rings. The van der Waals surface area contributed by atoms with Crippen molar-refractivity contribution in [1.82, 2.24) is 0 Å². The van der Waals surface area contributed by atoms with Gasteiger partial charge < -0.3 is 10.1 Å². The van der Waals surface area contributed by atoms with Crippen molar-refractivity contribution in [2.24, 2.45) is 0 Å². The van der Waals surface area contributed by atoms with Crippen molar-refractivity contribution in [3.05, 3.63) is 28.8 Å². The summed E-state index contributed by atoms with van der Waals surface area (Å²) in [4.78, 5) is 23.5. The molecule has 20 heavy (non-hydrogen) atoms. The first kappa shape index (κ1) is 14.4. The second-order valence-corrected chi connectivity index (χ2v) is 5.01. The van der Waals surface area contributed by atoms with Gasteiger partial charge in [0.15, 0.2) is 0 Å². The minimum absolute atomic E-state index is 0.0832. The molecule has 1 aromatic rings. The molecule has 1 heterocycles. The van der Waals surface area contributed by atoms with Crippen molar-refractivity contribution in [2.75, 3.05) is 12.4 Å². The predicted octanol–water partition coefficient (Wildman–Crippen LogP) is 2.72. The van der Waals surface area contributed by atoms with E-state index in [1.807, 2.05) is 0 Å². The van der Waals surface area contributed by atoms with Crippen molar-refractivity contribution < 1.29 is 27.5 Å². The van der Waals surface area contributed by atoms with Crippen LogP contribution in [-0.2, 0) is 21.1 Å². The standard InChI is InChI=1S/C13H12F3NO3/c1-12(2)8-5-6(13(14,15)16)4-7(10(18)20-3)9(8)17-11(12)19/h4-5H,1-3H3,(H,17,19). The van der Waals surface area contributed by atoms with Gasteiger partial charge in [0, 0.05) is 0 Å². The van der Waals surface area contributed by atoms with Gasteiger partial charge in [0.1, 0.15) is 0 Å². The number of alkyl halides is 3. The van der Waals surface area contributed by atoms with Crippen LogP contribution in [0.5, 0.6) is 0 Å². The summed E-state index contributed by atoms with van der Waals surface area (Å²) in [5, 5.41) is 2.44. The average molecular weight is 287 g/mol. The molecule has 0 unspecified atom stereocenters.